The average molecular weight is 544 g/mol. The lowest BCUT2D eigenvalue weighted by Crippen LogP contribution is -2.53. The van der Waals surface area contributed by atoms with E-state index in [1.54, 1.807) is 55.1 Å². The van der Waals surface area contributed by atoms with Crippen LogP contribution in [0.3, 0.4) is 0 Å². The third kappa shape index (κ3) is 3.15. The number of hydrogen-bond acceptors (Lipinski definition) is 8. The van der Waals surface area contributed by atoms with Crippen molar-refractivity contribution in [1.82, 2.24) is 4.98 Å². The standard InChI is InChI=1S/C29H25N3O6S/c1-6-31-19-11-9-8-10-18(19)29(27(31)36)21-22(33)17-12-14(3)15(4)13-20(17)38-23(21)25(34)32(29)28-30-16(5)24(39-28)26(35)37-7-2/h8-13H,6-7H2,1-5H3. The lowest BCUT2D eigenvalue weighted by atomic mass is 9.84. The number of fused-ring (bicyclic) bond motifs is 5. The first-order valence-electron chi connectivity index (χ1n) is 12.7. The van der Waals surface area contributed by atoms with Gasteiger partial charge in [0.2, 0.25) is 5.76 Å². The molecule has 2 aliphatic heterocycles. The number of ether oxygens (including phenoxy) is 1. The second-order valence-electron chi connectivity index (χ2n) is 9.62. The molecule has 10 heteroatoms. The molecule has 9 nitrogen and oxygen atoms in total. The smallest absolute Gasteiger partial charge is 0.350 e. The van der Waals surface area contributed by atoms with Crippen molar-refractivity contribution in [2.45, 2.75) is 40.2 Å². The maximum Gasteiger partial charge on any atom is 0.350 e. The molecule has 2 aromatic carbocycles. The van der Waals surface area contributed by atoms with Crippen LogP contribution in [0.1, 0.15) is 62.0 Å². The highest BCUT2D eigenvalue weighted by atomic mass is 32.1. The van der Waals surface area contributed by atoms with Gasteiger partial charge in [-0.15, -0.1) is 0 Å². The summed E-state index contributed by atoms with van der Waals surface area (Å²) in [6.07, 6.45) is 0. The molecule has 4 heterocycles. The number of anilines is 2. The van der Waals surface area contributed by atoms with E-state index in [0.29, 0.717) is 23.5 Å². The number of aryl methyl sites for hydroxylation is 3. The van der Waals surface area contributed by atoms with Gasteiger partial charge in [-0.3, -0.25) is 19.3 Å². The molecule has 39 heavy (non-hydrogen) atoms. The van der Waals surface area contributed by atoms with Crippen LogP contribution in [-0.4, -0.2) is 35.9 Å². The van der Waals surface area contributed by atoms with Crippen LogP contribution in [0, 0.1) is 20.8 Å². The number of benzene rings is 2. The number of nitrogens with zero attached hydrogens (tertiary/aromatic N) is 3. The Morgan fingerprint density at radius 1 is 1.08 bits per heavy atom. The van der Waals surface area contributed by atoms with Gasteiger partial charge in [-0.25, -0.2) is 9.78 Å². The predicted molar refractivity (Wildman–Crippen MR) is 147 cm³/mol. The quantitative estimate of drug-likeness (QED) is 0.346. The zero-order valence-electron chi connectivity index (χ0n) is 22.1. The third-order valence-corrected chi connectivity index (χ3v) is 8.62. The summed E-state index contributed by atoms with van der Waals surface area (Å²) in [7, 11) is 0. The van der Waals surface area contributed by atoms with E-state index >= 15 is 0 Å². The zero-order chi connectivity index (χ0) is 27.8. The molecular formula is C29H25N3O6S. The molecule has 1 atom stereocenters. The minimum atomic E-state index is -1.84. The lowest BCUT2D eigenvalue weighted by molar-refractivity contribution is -0.121. The second-order valence-corrected chi connectivity index (χ2v) is 10.6. The molecule has 1 unspecified atom stereocenters. The van der Waals surface area contributed by atoms with E-state index in [0.717, 1.165) is 22.5 Å². The van der Waals surface area contributed by atoms with Crippen molar-refractivity contribution in [1.29, 1.82) is 0 Å². The van der Waals surface area contributed by atoms with Gasteiger partial charge < -0.3 is 14.1 Å². The third-order valence-electron chi connectivity index (χ3n) is 7.49. The first kappa shape index (κ1) is 25.0. The number of para-hydroxylation sites is 1. The van der Waals surface area contributed by atoms with Crippen LogP contribution in [0.15, 0.2) is 45.6 Å². The molecule has 0 N–H and O–H groups in total. The molecule has 0 bridgehead atoms. The SMILES string of the molecule is CCOC(=O)c1sc(N2C(=O)c3oc4cc(C)c(C)cc4c(=O)c3C23C(=O)N(CC)c2ccccc23)nc1C. The fourth-order valence-corrected chi connectivity index (χ4v) is 6.61. The molecule has 2 amide bonds. The van der Waals surface area contributed by atoms with E-state index in [4.69, 9.17) is 9.15 Å². The van der Waals surface area contributed by atoms with Gasteiger partial charge in [0.15, 0.2) is 16.1 Å². The summed E-state index contributed by atoms with van der Waals surface area (Å²) in [4.78, 5) is 63.2. The Morgan fingerprint density at radius 2 is 1.79 bits per heavy atom. The van der Waals surface area contributed by atoms with Crippen molar-refractivity contribution < 1.29 is 23.5 Å². The monoisotopic (exact) mass is 543 g/mol. The fraction of sp³-hybridized carbons (Fsp3) is 0.276. The molecule has 0 radical (unpaired) electrons. The molecule has 0 saturated heterocycles. The van der Waals surface area contributed by atoms with Crippen molar-refractivity contribution in [2.24, 2.45) is 0 Å². The normalized spacial score (nSPS) is 17.9. The highest BCUT2D eigenvalue weighted by molar-refractivity contribution is 7.17. The van der Waals surface area contributed by atoms with E-state index in [9.17, 15) is 19.2 Å². The van der Waals surface area contributed by atoms with E-state index in [-0.39, 0.29) is 38.9 Å². The van der Waals surface area contributed by atoms with Crippen LogP contribution in [0.5, 0.6) is 0 Å². The summed E-state index contributed by atoms with van der Waals surface area (Å²) in [5.41, 5.74) is 1.13. The Kier molecular flexibility index (Phi) is 5.51. The topological polar surface area (TPSA) is 110 Å². The lowest BCUT2D eigenvalue weighted by Gasteiger charge is -2.32. The number of carbonyl (C=O) groups excluding carboxylic acids is 3. The van der Waals surface area contributed by atoms with E-state index in [1.807, 2.05) is 20.8 Å². The van der Waals surface area contributed by atoms with Crippen molar-refractivity contribution in [3.63, 3.8) is 0 Å². The first-order valence-corrected chi connectivity index (χ1v) is 13.5. The molecule has 198 valence electrons. The van der Waals surface area contributed by atoms with Crippen LogP contribution < -0.4 is 15.2 Å². The molecule has 0 aliphatic carbocycles. The summed E-state index contributed by atoms with van der Waals surface area (Å²) in [5, 5.41) is 0.387. The van der Waals surface area contributed by atoms with Gasteiger partial charge in [-0.2, -0.15) is 0 Å². The molecule has 4 aromatic rings. The van der Waals surface area contributed by atoms with Gasteiger partial charge in [-0.1, -0.05) is 29.5 Å². The van der Waals surface area contributed by atoms with Crippen LogP contribution in [-0.2, 0) is 15.1 Å². The molecule has 0 saturated carbocycles. The highest BCUT2D eigenvalue weighted by Crippen LogP contribution is 2.54. The van der Waals surface area contributed by atoms with E-state index in [2.05, 4.69) is 4.98 Å². The van der Waals surface area contributed by atoms with Gasteiger partial charge >= 0.3 is 5.97 Å². The predicted octanol–water partition coefficient (Wildman–Crippen LogP) is 4.62. The largest absolute Gasteiger partial charge is 0.462 e. The van der Waals surface area contributed by atoms with Gasteiger partial charge in [0.25, 0.3) is 11.8 Å². The van der Waals surface area contributed by atoms with Gasteiger partial charge in [-0.05, 0) is 63.9 Å². The Labute approximate surface area is 227 Å². The summed E-state index contributed by atoms with van der Waals surface area (Å²) >= 11 is 0.946. The van der Waals surface area contributed by atoms with Gasteiger partial charge in [0, 0.05) is 12.1 Å². The zero-order valence-corrected chi connectivity index (χ0v) is 22.9. The molecule has 6 rings (SSSR count). The van der Waals surface area contributed by atoms with E-state index < -0.39 is 28.8 Å². The fourth-order valence-electron chi connectivity index (χ4n) is 5.60. The summed E-state index contributed by atoms with van der Waals surface area (Å²) in [6.45, 7) is 9.43. The molecule has 2 aliphatic rings. The van der Waals surface area contributed by atoms with Gasteiger partial charge in [0.05, 0.1) is 28.9 Å². The second kappa shape index (κ2) is 8.60. The highest BCUT2D eigenvalue weighted by Gasteiger charge is 2.66. The summed E-state index contributed by atoms with van der Waals surface area (Å²) < 4.78 is 11.3. The van der Waals surface area contributed by atoms with Crippen LogP contribution in [0.25, 0.3) is 11.0 Å². The Balaban J connectivity index is 1.73. The van der Waals surface area contributed by atoms with Gasteiger partial charge in [0.1, 0.15) is 10.5 Å². The Morgan fingerprint density at radius 3 is 2.51 bits per heavy atom. The number of rotatable bonds is 4. The minimum absolute atomic E-state index is 0.0396. The van der Waals surface area contributed by atoms with Crippen molar-refractivity contribution in [3.8, 4) is 0 Å². The number of aromatic nitrogens is 1. The number of hydrogen-bond donors (Lipinski definition) is 0. The molecule has 2 aromatic heterocycles. The van der Waals surface area contributed by atoms with E-state index in [1.165, 1.54) is 4.90 Å². The van der Waals surface area contributed by atoms with Crippen LogP contribution in [0.4, 0.5) is 10.8 Å². The summed E-state index contributed by atoms with van der Waals surface area (Å²) in [6, 6.07) is 10.6. The maximum atomic E-state index is 14.5. The van der Waals surface area contributed by atoms with Crippen LogP contribution in [0.2, 0.25) is 0 Å². The van der Waals surface area contributed by atoms with Crippen LogP contribution >= 0.6 is 11.3 Å². The van der Waals surface area contributed by atoms with Crippen molar-refractivity contribution in [3.05, 3.63) is 85.2 Å². The summed E-state index contributed by atoms with van der Waals surface area (Å²) in [5.74, 6) is -1.91. The number of likely N-dealkylation sites (N-methyl/N-ethyl adjacent to an activating group) is 1. The molecular weight excluding hydrogens is 518 g/mol. The first-order chi connectivity index (χ1) is 18.7. The molecule has 0 fully saturated rings. The van der Waals surface area contributed by atoms with Crippen molar-refractivity contribution in [2.75, 3.05) is 23.0 Å². The molecule has 1 spiro atoms. The Hall–Kier alpha value is -4.31. The average Bonchev–Trinajstić information content (AvgIpc) is 3.49. The number of esters is 1. The number of thiazole rings is 1. The Bertz CT molecular complexity index is 1800. The number of carbonyl (C=O) groups is 3. The number of amides is 2. The van der Waals surface area contributed by atoms with Crippen molar-refractivity contribution >= 4 is 50.9 Å². The maximum absolute atomic E-state index is 14.5. The minimum Gasteiger partial charge on any atom is -0.462 e.